The summed E-state index contributed by atoms with van der Waals surface area (Å²) in [6, 6.07) is 11.6. The van der Waals surface area contributed by atoms with E-state index in [1.807, 2.05) is 0 Å². The molecule has 0 fully saturated rings. The highest BCUT2D eigenvalue weighted by molar-refractivity contribution is 6.32. The Morgan fingerprint density at radius 2 is 1.62 bits per heavy atom. The smallest absolute Gasteiger partial charge is 0.187 e. The Labute approximate surface area is 103 Å². The number of hydrogen-bond acceptors (Lipinski definition) is 2. The van der Waals surface area contributed by atoms with E-state index >= 15 is 0 Å². The number of phenolic OH excluding ortho intramolecular Hbond substituents is 1. The van der Waals surface area contributed by atoms with E-state index in [1.165, 1.54) is 6.07 Å². The summed E-state index contributed by atoms with van der Waals surface area (Å²) in [6.07, 6.45) is 0. The predicted molar refractivity (Wildman–Crippen MR) is 64.6 cm³/mol. The molecular formula is C12H8Cl2O2. The Hall–Kier alpha value is -1.38. The van der Waals surface area contributed by atoms with E-state index in [0.717, 1.165) is 0 Å². The summed E-state index contributed by atoms with van der Waals surface area (Å²) in [4.78, 5) is 0. The SMILES string of the molecule is Oc1cccc(Cl)c1Oc1ccc(Cl)cc1. The molecule has 2 aromatic rings. The van der Waals surface area contributed by atoms with Crippen LogP contribution < -0.4 is 4.74 Å². The number of benzene rings is 2. The van der Waals surface area contributed by atoms with Crippen molar-refractivity contribution in [3.63, 3.8) is 0 Å². The molecule has 16 heavy (non-hydrogen) atoms. The van der Waals surface area contributed by atoms with E-state index in [1.54, 1.807) is 36.4 Å². The highest BCUT2D eigenvalue weighted by Gasteiger charge is 2.08. The molecule has 2 aromatic carbocycles. The van der Waals surface area contributed by atoms with Crippen molar-refractivity contribution in [1.82, 2.24) is 0 Å². The lowest BCUT2D eigenvalue weighted by atomic mass is 10.3. The molecule has 1 N–H and O–H groups in total. The Morgan fingerprint density at radius 1 is 0.938 bits per heavy atom. The third-order valence-corrected chi connectivity index (χ3v) is 2.53. The Kier molecular flexibility index (Phi) is 3.22. The number of phenols is 1. The second-order valence-electron chi connectivity index (χ2n) is 3.14. The van der Waals surface area contributed by atoms with Gasteiger partial charge in [0.05, 0.1) is 5.02 Å². The second kappa shape index (κ2) is 4.64. The van der Waals surface area contributed by atoms with Crippen molar-refractivity contribution in [2.75, 3.05) is 0 Å². The van der Waals surface area contributed by atoms with E-state index in [0.29, 0.717) is 15.8 Å². The maximum atomic E-state index is 9.57. The standard InChI is InChI=1S/C12H8Cl2O2/c13-8-4-6-9(7-5-8)16-12-10(14)2-1-3-11(12)15/h1-7,15H. The predicted octanol–water partition coefficient (Wildman–Crippen LogP) is 4.49. The molecule has 0 aromatic heterocycles. The van der Waals surface area contributed by atoms with Gasteiger partial charge in [0, 0.05) is 5.02 Å². The number of ether oxygens (including phenoxy) is 1. The van der Waals surface area contributed by atoms with Gasteiger partial charge in [0.15, 0.2) is 11.5 Å². The molecule has 0 saturated heterocycles. The Balaban J connectivity index is 2.30. The Morgan fingerprint density at radius 3 is 2.25 bits per heavy atom. The number of halogens is 2. The summed E-state index contributed by atoms with van der Waals surface area (Å²) < 4.78 is 5.45. The van der Waals surface area contributed by atoms with E-state index in [9.17, 15) is 5.11 Å². The molecule has 2 rings (SSSR count). The molecule has 0 aliphatic carbocycles. The lowest BCUT2D eigenvalue weighted by Crippen LogP contribution is -1.85. The maximum Gasteiger partial charge on any atom is 0.187 e. The van der Waals surface area contributed by atoms with E-state index in [2.05, 4.69) is 0 Å². The van der Waals surface area contributed by atoms with Crippen LogP contribution in [0.4, 0.5) is 0 Å². The van der Waals surface area contributed by atoms with Gasteiger partial charge >= 0.3 is 0 Å². The quantitative estimate of drug-likeness (QED) is 0.856. The van der Waals surface area contributed by atoms with E-state index < -0.39 is 0 Å². The summed E-state index contributed by atoms with van der Waals surface area (Å²) in [7, 11) is 0. The maximum absolute atomic E-state index is 9.57. The van der Waals surface area contributed by atoms with Crippen molar-refractivity contribution >= 4 is 23.2 Å². The number of para-hydroxylation sites is 1. The zero-order valence-electron chi connectivity index (χ0n) is 8.15. The molecule has 0 atom stereocenters. The van der Waals surface area contributed by atoms with Crippen LogP contribution in [-0.2, 0) is 0 Å². The summed E-state index contributed by atoms with van der Waals surface area (Å²) in [6.45, 7) is 0. The van der Waals surface area contributed by atoms with Gasteiger partial charge in [0.25, 0.3) is 0 Å². The number of rotatable bonds is 2. The van der Waals surface area contributed by atoms with E-state index in [-0.39, 0.29) is 11.5 Å². The molecule has 2 nitrogen and oxygen atoms in total. The van der Waals surface area contributed by atoms with E-state index in [4.69, 9.17) is 27.9 Å². The third kappa shape index (κ3) is 2.40. The normalized spacial score (nSPS) is 10.1. The average molecular weight is 255 g/mol. The molecule has 0 heterocycles. The summed E-state index contributed by atoms with van der Waals surface area (Å²) in [5, 5.41) is 10.5. The molecular weight excluding hydrogens is 247 g/mol. The van der Waals surface area contributed by atoms with Crippen LogP contribution in [0.2, 0.25) is 10.0 Å². The van der Waals surface area contributed by atoms with Gasteiger partial charge in [-0.3, -0.25) is 0 Å². The van der Waals surface area contributed by atoms with Crippen LogP contribution in [-0.4, -0.2) is 5.11 Å². The van der Waals surface area contributed by atoms with Gasteiger partial charge in [-0.05, 0) is 36.4 Å². The topological polar surface area (TPSA) is 29.5 Å². The third-order valence-electron chi connectivity index (χ3n) is 1.98. The van der Waals surface area contributed by atoms with Crippen molar-refractivity contribution in [2.24, 2.45) is 0 Å². The fourth-order valence-corrected chi connectivity index (χ4v) is 1.55. The molecule has 0 spiro atoms. The van der Waals surface area contributed by atoms with Gasteiger partial charge in [-0.2, -0.15) is 0 Å². The lowest BCUT2D eigenvalue weighted by molar-refractivity contribution is 0.411. The second-order valence-corrected chi connectivity index (χ2v) is 3.99. The van der Waals surface area contributed by atoms with Gasteiger partial charge in [0.2, 0.25) is 0 Å². The molecule has 0 saturated carbocycles. The highest BCUT2D eigenvalue weighted by Crippen LogP contribution is 2.37. The molecule has 0 radical (unpaired) electrons. The zero-order valence-corrected chi connectivity index (χ0v) is 9.66. The fraction of sp³-hybridized carbons (Fsp3) is 0. The summed E-state index contributed by atoms with van der Waals surface area (Å²) in [5.74, 6) is 0.807. The molecule has 82 valence electrons. The first kappa shape index (κ1) is 11.1. The average Bonchev–Trinajstić information content (AvgIpc) is 2.26. The highest BCUT2D eigenvalue weighted by atomic mass is 35.5. The molecule has 0 bridgehead atoms. The monoisotopic (exact) mass is 254 g/mol. The lowest BCUT2D eigenvalue weighted by Gasteiger charge is -2.08. The van der Waals surface area contributed by atoms with Crippen LogP contribution >= 0.6 is 23.2 Å². The van der Waals surface area contributed by atoms with Gasteiger partial charge < -0.3 is 9.84 Å². The minimum atomic E-state index is 0.00227. The Bertz CT molecular complexity index is 475. The summed E-state index contributed by atoms with van der Waals surface area (Å²) in [5.41, 5.74) is 0. The number of aromatic hydroxyl groups is 1. The van der Waals surface area contributed by atoms with Gasteiger partial charge in [0.1, 0.15) is 5.75 Å². The van der Waals surface area contributed by atoms with Crippen LogP contribution in [0.25, 0.3) is 0 Å². The van der Waals surface area contributed by atoms with Crippen molar-refractivity contribution in [3.8, 4) is 17.2 Å². The fourth-order valence-electron chi connectivity index (χ4n) is 1.22. The van der Waals surface area contributed by atoms with Crippen LogP contribution in [0.5, 0.6) is 17.2 Å². The van der Waals surface area contributed by atoms with Crippen LogP contribution in [0.1, 0.15) is 0 Å². The van der Waals surface area contributed by atoms with Gasteiger partial charge in [-0.25, -0.2) is 0 Å². The van der Waals surface area contributed by atoms with Crippen LogP contribution in [0.3, 0.4) is 0 Å². The molecule has 0 amide bonds. The van der Waals surface area contributed by atoms with Crippen molar-refractivity contribution in [3.05, 3.63) is 52.5 Å². The minimum absolute atomic E-state index is 0.00227. The van der Waals surface area contributed by atoms with Crippen molar-refractivity contribution < 1.29 is 9.84 Å². The largest absolute Gasteiger partial charge is 0.504 e. The zero-order chi connectivity index (χ0) is 11.5. The molecule has 0 aliphatic heterocycles. The van der Waals surface area contributed by atoms with Crippen molar-refractivity contribution in [1.29, 1.82) is 0 Å². The van der Waals surface area contributed by atoms with Gasteiger partial charge in [-0.15, -0.1) is 0 Å². The first-order valence-electron chi connectivity index (χ1n) is 4.58. The molecule has 4 heteroatoms. The first-order valence-corrected chi connectivity index (χ1v) is 5.33. The summed E-state index contributed by atoms with van der Waals surface area (Å²) >= 11 is 11.6. The van der Waals surface area contributed by atoms with Gasteiger partial charge in [-0.1, -0.05) is 29.3 Å². The number of hydrogen-bond donors (Lipinski definition) is 1. The molecule has 0 unspecified atom stereocenters. The first-order chi connectivity index (χ1) is 7.66. The molecule has 0 aliphatic rings. The van der Waals surface area contributed by atoms with Crippen LogP contribution in [0, 0.1) is 0 Å². The van der Waals surface area contributed by atoms with Crippen molar-refractivity contribution in [2.45, 2.75) is 0 Å². The van der Waals surface area contributed by atoms with Crippen LogP contribution in [0.15, 0.2) is 42.5 Å². The minimum Gasteiger partial charge on any atom is -0.504 e.